The first kappa shape index (κ1) is 12.4. The van der Waals surface area contributed by atoms with Crippen molar-refractivity contribution < 1.29 is 4.79 Å². The maximum absolute atomic E-state index is 11.2. The summed E-state index contributed by atoms with van der Waals surface area (Å²) < 4.78 is 0. The highest BCUT2D eigenvalue weighted by atomic mass is 16.1. The van der Waals surface area contributed by atoms with Gasteiger partial charge in [-0.2, -0.15) is 0 Å². The molecule has 0 saturated heterocycles. The van der Waals surface area contributed by atoms with Gasteiger partial charge in [-0.15, -0.1) is 0 Å². The molecule has 0 aromatic rings. The molecule has 1 amide bonds. The highest BCUT2D eigenvalue weighted by molar-refractivity contribution is 5.75. The average molecular weight is 186 g/mol. The number of hydrogen-bond donors (Lipinski definition) is 1. The standard InChI is InChI=1S/C10H22N2O/c1-4-5-6-7-10(13)11-8-9-12(2)3/h4-9H2,1-3H3,(H,11,13). The Bertz CT molecular complexity index is 135. The first-order valence-corrected chi connectivity index (χ1v) is 5.08. The van der Waals surface area contributed by atoms with Gasteiger partial charge < -0.3 is 10.2 Å². The van der Waals surface area contributed by atoms with Crippen molar-refractivity contribution in [2.75, 3.05) is 27.2 Å². The molecule has 3 heteroatoms. The molecule has 0 aliphatic carbocycles. The third-order valence-corrected chi connectivity index (χ3v) is 1.89. The lowest BCUT2D eigenvalue weighted by molar-refractivity contribution is -0.121. The molecular formula is C10H22N2O. The van der Waals surface area contributed by atoms with Crippen molar-refractivity contribution in [1.29, 1.82) is 0 Å². The molecule has 0 aromatic heterocycles. The zero-order valence-electron chi connectivity index (χ0n) is 9.10. The van der Waals surface area contributed by atoms with Crippen LogP contribution in [0.3, 0.4) is 0 Å². The Morgan fingerprint density at radius 3 is 2.54 bits per heavy atom. The van der Waals surface area contributed by atoms with E-state index in [1.54, 1.807) is 0 Å². The fourth-order valence-electron chi connectivity index (χ4n) is 1.04. The summed E-state index contributed by atoms with van der Waals surface area (Å²) in [6.07, 6.45) is 4.03. The lowest BCUT2D eigenvalue weighted by atomic mass is 10.2. The Balaban J connectivity index is 3.20. The van der Waals surface area contributed by atoms with Crippen molar-refractivity contribution in [2.45, 2.75) is 32.6 Å². The van der Waals surface area contributed by atoms with Crippen LogP contribution in [-0.4, -0.2) is 38.0 Å². The SMILES string of the molecule is CCCCCC(=O)NCCN(C)C. The third kappa shape index (κ3) is 9.34. The van der Waals surface area contributed by atoms with Gasteiger partial charge in [-0.05, 0) is 20.5 Å². The molecule has 0 rings (SSSR count). The maximum Gasteiger partial charge on any atom is 0.220 e. The summed E-state index contributed by atoms with van der Waals surface area (Å²) >= 11 is 0. The van der Waals surface area contributed by atoms with Crippen LogP contribution in [0.25, 0.3) is 0 Å². The van der Waals surface area contributed by atoms with Crippen LogP contribution < -0.4 is 5.32 Å². The highest BCUT2D eigenvalue weighted by Crippen LogP contribution is 1.97. The van der Waals surface area contributed by atoms with E-state index in [9.17, 15) is 4.79 Å². The van der Waals surface area contributed by atoms with E-state index in [-0.39, 0.29) is 5.91 Å². The minimum Gasteiger partial charge on any atom is -0.355 e. The summed E-state index contributed by atoms with van der Waals surface area (Å²) in [6, 6.07) is 0. The summed E-state index contributed by atoms with van der Waals surface area (Å²) in [5, 5.41) is 2.89. The molecule has 0 heterocycles. The molecule has 0 spiro atoms. The van der Waals surface area contributed by atoms with Crippen LogP contribution in [0.1, 0.15) is 32.6 Å². The normalized spacial score (nSPS) is 10.5. The first-order chi connectivity index (χ1) is 6.16. The third-order valence-electron chi connectivity index (χ3n) is 1.89. The number of rotatable bonds is 7. The van der Waals surface area contributed by atoms with Crippen molar-refractivity contribution in [1.82, 2.24) is 10.2 Å². The highest BCUT2D eigenvalue weighted by Gasteiger charge is 1.99. The van der Waals surface area contributed by atoms with E-state index in [0.717, 1.165) is 25.9 Å². The molecule has 0 fully saturated rings. The number of carbonyl (C=O) groups excluding carboxylic acids is 1. The summed E-state index contributed by atoms with van der Waals surface area (Å²) in [4.78, 5) is 13.2. The number of amides is 1. The van der Waals surface area contributed by atoms with Crippen LogP contribution in [0.4, 0.5) is 0 Å². The van der Waals surface area contributed by atoms with E-state index in [2.05, 4.69) is 17.1 Å². The second kappa shape index (κ2) is 8.05. The van der Waals surface area contributed by atoms with Crippen LogP contribution in [0.2, 0.25) is 0 Å². The van der Waals surface area contributed by atoms with Crippen LogP contribution >= 0.6 is 0 Å². The summed E-state index contributed by atoms with van der Waals surface area (Å²) in [6.45, 7) is 3.82. The summed E-state index contributed by atoms with van der Waals surface area (Å²) in [5.74, 6) is 0.190. The van der Waals surface area contributed by atoms with Gasteiger partial charge in [0.1, 0.15) is 0 Å². The monoisotopic (exact) mass is 186 g/mol. The Morgan fingerprint density at radius 1 is 1.31 bits per heavy atom. The predicted molar refractivity (Wildman–Crippen MR) is 55.7 cm³/mol. The minimum absolute atomic E-state index is 0.190. The fourth-order valence-corrected chi connectivity index (χ4v) is 1.04. The summed E-state index contributed by atoms with van der Waals surface area (Å²) in [5.41, 5.74) is 0. The quantitative estimate of drug-likeness (QED) is 0.607. The number of likely N-dealkylation sites (N-methyl/N-ethyl adjacent to an activating group) is 1. The molecule has 1 N–H and O–H groups in total. The molecule has 0 aromatic carbocycles. The van der Waals surface area contributed by atoms with Gasteiger partial charge >= 0.3 is 0 Å². The molecule has 0 aliphatic heterocycles. The maximum atomic E-state index is 11.2. The Kier molecular flexibility index (Phi) is 7.69. The topological polar surface area (TPSA) is 32.3 Å². The summed E-state index contributed by atoms with van der Waals surface area (Å²) in [7, 11) is 4.01. The van der Waals surface area contributed by atoms with E-state index in [4.69, 9.17) is 0 Å². The van der Waals surface area contributed by atoms with E-state index in [1.807, 2.05) is 14.1 Å². The van der Waals surface area contributed by atoms with E-state index < -0.39 is 0 Å². The molecule has 13 heavy (non-hydrogen) atoms. The van der Waals surface area contributed by atoms with Gasteiger partial charge in [-0.1, -0.05) is 19.8 Å². The van der Waals surface area contributed by atoms with E-state index >= 15 is 0 Å². The van der Waals surface area contributed by atoms with E-state index in [0.29, 0.717) is 6.42 Å². The van der Waals surface area contributed by atoms with Gasteiger partial charge in [0.05, 0.1) is 0 Å². The molecule has 0 atom stereocenters. The van der Waals surface area contributed by atoms with Crippen LogP contribution in [-0.2, 0) is 4.79 Å². The van der Waals surface area contributed by atoms with Crippen molar-refractivity contribution in [3.05, 3.63) is 0 Å². The second-order valence-electron chi connectivity index (χ2n) is 3.61. The Hall–Kier alpha value is -0.570. The van der Waals surface area contributed by atoms with Crippen molar-refractivity contribution in [3.63, 3.8) is 0 Å². The molecule has 0 aliphatic rings. The second-order valence-corrected chi connectivity index (χ2v) is 3.61. The smallest absolute Gasteiger partial charge is 0.220 e. The van der Waals surface area contributed by atoms with Gasteiger partial charge in [0.2, 0.25) is 5.91 Å². The zero-order valence-corrected chi connectivity index (χ0v) is 9.10. The molecule has 3 nitrogen and oxygen atoms in total. The van der Waals surface area contributed by atoms with Crippen LogP contribution in [0, 0.1) is 0 Å². The lowest BCUT2D eigenvalue weighted by Gasteiger charge is -2.10. The van der Waals surface area contributed by atoms with Crippen molar-refractivity contribution in [3.8, 4) is 0 Å². The zero-order chi connectivity index (χ0) is 10.1. The molecule has 0 unspecified atom stereocenters. The van der Waals surface area contributed by atoms with Gasteiger partial charge in [-0.3, -0.25) is 4.79 Å². The number of nitrogens with zero attached hydrogens (tertiary/aromatic N) is 1. The van der Waals surface area contributed by atoms with Gasteiger partial charge in [0.15, 0.2) is 0 Å². The molecule has 78 valence electrons. The number of unbranched alkanes of at least 4 members (excludes halogenated alkanes) is 2. The molecular weight excluding hydrogens is 164 g/mol. The molecule has 0 radical (unpaired) electrons. The van der Waals surface area contributed by atoms with Crippen LogP contribution in [0.5, 0.6) is 0 Å². The Labute approximate surface area is 81.5 Å². The Morgan fingerprint density at radius 2 is 2.00 bits per heavy atom. The van der Waals surface area contributed by atoms with Crippen molar-refractivity contribution in [2.24, 2.45) is 0 Å². The lowest BCUT2D eigenvalue weighted by Crippen LogP contribution is -2.31. The number of nitrogens with one attached hydrogen (secondary N) is 1. The van der Waals surface area contributed by atoms with E-state index in [1.165, 1.54) is 6.42 Å². The fraction of sp³-hybridized carbons (Fsp3) is 0.900. The molecule has 0 bridgehead atoms. The first-order valence-electron chi connectivity index (χ1n) is 5.08. The van der Waals surface area contributed by atoms with Crippen molar-refractivity contribution >= 4 is 5.91 Å². The number of carbonyl (C=O) groups is 1. The van der Waals surface area contributed by atoms with Crippen LogP contribution in [0.15, 0.2) is 0 Å². The number of hydrogen-bond acceptors (Lipinski definition) is 2. The average Bonchev–Trinajstić information content (AvgIpc) is 2.04. The van der Waals surface area contributed by atoms with Gasteiger partial charge in [0.25, 0.3) is 0 Å². The molecule has 0 saturated carbocycles. The largest absolute Gasteiger partial charge is 0.355 e. The van der Waals surface area contributed by atoms with Gasteiger partial charge in [-0.25, -0.2) is 0 Å². The predicted octanol–water partition coefficient (Wildman–Crippen LogP) is 1.24. The van der Waals surface area contributed by atoms with Gasteiger partial charge in [0, 0.05) is 19.5 Å². The minimum atomic E-state index is 0.190.